The van der Waals surface area contributed by atoms with Crippen molar-refractivity contribution in [2.45, 2.75) is 32.2 Å². The molecular weight excluding hydrogens is 456 g/mol. The number of ether oxygens (including phenoxy) is 2. The molecule has 192 valence electrons. The average molecular weight is 493 g/mol. The van der Waals surface area contributed by atoms with Crippen LogP contribution in [0.4, 0.5) is 0 Å². The SMILES string of the molecule is C=CCOc1ccc(C2C(=C(O)c3cccc(OCCCC)c3)C(=O)C(=O)N2CCCN(C)C)cc1. The van der Waals surface area contributed by atoms with Crippen LogP contribution < -0.4 is 9.47 Å². The molecule has 7 nitrogen and oxygen atoms in total. The van der Waals surface area contributed by atoms with Gasteiger partial charge in [0.25, 0.3) is 11.7 Å². The third-order valence-electron chi connectivity index (χ3n) is 5.98. The van der Waals surface area contributed by atoms with E-state index in [-0.39, 0.29) is 11.3 Å². The molecule has 3 rings (SSSR count). The lowest BCUT2D eigenvalue weighted by Crippen LogP contribution is -2.32. The van der Waals surface area contributed by atoms with Crippen molar-refractivity contribution in [3.8, 4) is 11.5 Å². The number of carbonyl (C=O) groups excluding carboxylic acids is 2. The number of Topliss-reactive ketones (excluding diaryl/α,β-unsaturated/α-hetero) is 1. The number of nitrogens with zero attached hydrogens (tertiary/aromatic N) is 2. The molecule has 1 heterocycles. The summed E-state index contributed by atoms with van der Waals surface area (Å²) in [7, 11) is 3.92. The number of aliphatic hydroxyl groups excluding tert-OH is 1. The molecule has 0 bridgehead atoms. The van der Waals surface area contributed by atoms with Crippen LogP contribution in [0.25, 0.3) is 5.76 Å². The van der Waals surface area contributed by atoms with Crippen molar-refractivity contribution < 1.29 is 24.2 Å². The van der Waals surface area contributed by atoms with E-state index in [9.17, 15) is 14.7 Å². The molecule has 1 atom stereocenters. The second kappa shape index (κ2) is 12.9. The predicted molar refractivity (Wildman–Crippen MR) is 141 cm³/mol. The Kier molecular flexibility index (Phi) is 9.70. The molecule has 0 saturated carbocycles. The number of ketones is 1. The van der Waals surface area contributed by atoms with E-state index in [1.807, 2.05) is 37.2 Å². The first-order chi connectivity index (χ1) is 17.4. The number of hydrogen-bond donors (Lipinski definition) is 1. The van der Waals surface area contributed by atoms with Gasteiger partial charge in [-0.05, 0) is 63.3 Å². The Morgan fingerprint density at radius 2 is 1.83 bits per heavy atom. The van der Waals surface area contributed by atoms with Crippen molar-refractivity contribution in [1.82, 2.24) is 9.80 Å². The number of amides is 1. The highest BCUT2D eigenvalue weighted by Gasteiger charge is 2.45. The van der Waals surface area contributed by atoms with Crippen LogP contribution in [0.5, 0.6) is 11.5 Å². The maximum absolute atomic E-state index is 13.2. The van der Waals surface area contributed by atoms with Crippen LogP contribution in [0.3, 0.4) is 0 Å². The van der Waals surface area contributed by atoms with Crippen molar-refractivity contribution in [3.05, 3.63) is 77.9 Å². The molecule has 2 aromatic rings. The molecule has 0 spiro atoms. The molecule has 1 saturated heterocycles. The zero-order valence-corrected chi connectivity index (χ0v) is 21.4. The van der Waals surface area contributed by atoms with Gasteiger partial charge in [0.15, 0.2) is 0 Å². The minimum atomic E-state index is -0.703. The first-order valence-electron chi connectivity index (χ1n) is 12.4. The summed E-state index contributed by atoms with van der Waals surface area (Å²) in [5, 5.41) is 11.3. The van der Waals surface area contributed by atoms with E-state index in [2.05, 4.69) is 13.5 Å². The van der Waals surface area contributed by atoms with Gasteiger partial charge in [0.1, 0.15) is 23.9 Å². The highest BCUT2D eigenvalue weighted by molar-refractivity contribution is 6.46. The first-order valence-corrected chi connectivity index (χ1v) is 12.4. The second-order valence-electron chi connectivity index (χ2n) is 9.05. The lowest BCUT2D eigenvalue weighted by molar-refractivity contribution is -0.139. The Morgan fingerprint density at radius 1 is 1.08 bits per heavy atom. The summed E-state index contributed by atoms with van der Waals surface area (Å²) in [6.07, 6.45) is 4.28. The summed E-state index contributed by atoms with van der Waals surface area (Å²) >= 11 is 0. The number of aliphatic hydroxyl groups is 1. The van der Waals surface area contributed by atoms with Gasteiger partial charge in [-0.1, -0.05) is 50.3 Å². The zero-order chi connectivity index (χ0) is 26.1. The Morgan fingerprint density at radius 3 is 2.50 bits per heavy atom. The molecule has 36 heavy (non-hydrogen) atoms. The van der Waals surface area contributed by atoms with Crippen LogP contribution in [0, 0.1) is 0 Å². The van der Waals surface area contributed by atoms with Crippen LogP contribution in [0.15, 0.2) is 66.8 Å². The highest BCUT2D eigenvalue weighted by atomic mass is 16.5. The normalized spacial score (nSPS) is 17.0. The smallest absolute Gasteiger partial charge is 0.295 e. The van der Waals surface area contributed by atoms with Crippen LogP contribution in [-0.2, 0) is 9.59 Å². The van der Waals surface area contributed by atoms with Gasteiger partial charge in [-0.15, -0.1) is 0 Å². The maximum Gasteiger partial charge on any atom is 0.295 e. The molecule has 0 aliphatic carbocycles. The number of benzene rings is 2. The Hall–Kier alpha value is -3.58. The van der Waals surface area contributed by atoms with Gasteiger partial charge in [0.05, 0.1) is 18.2 Å². The van der Waals surface area contributed by atoms with E-state index in [4.69, 9.17) is 9.47 Å². The number of unbranched alkanes of at least 4 members (excludes halogenated alkanes) is 1. The van der Waals surface area contributed by atoms with Crippen molar-refractivity contribution in [2.75, 3.05) is 40.4 Å². The van der Waals surface area contributed by atoms with Gasteiger partial charge in [-0.2, -0.15) is 0 Å². The molecule has 1 amide bonds. The van der Waals surface area contributed by atoms with Crippen LogP contribution in [0.2, 0.25) is 0 Å². The maximum atomic E-state index is 13.2. The quantitative estimate of drug-likeness (QED) is 0.142. The van der Waals surface area contributed by atoms with Gasteiger partial charge in [-0.3, -0.25) is 9.59 Å². The predicted octanol–water partition coefficient (Wildman–Crippen LogP) is 4.80. The third kappa shape index (κ3) is 6.55. The van der Waals surface area contributed by atoms with E-state index >= 15 is 0 Å². The fourth-order valence-electron chi connectivity index (χ4n) is 4.14. The van der Waals surface area contributed by atoms with Crippen LogP contribution >= 0.6 is 0 Å². The fraction of sp³-hybridized carbons (Fsp3) is 0.379. The van der Waals surface area contributed by atoms with E-state index in [0.717, 1.165) is 24.9 Å². The Bertz CT molecular complexity index is 1090. The fourth-order valence-corrected chi connectivity index (χ4v) is 4.14. The largest absolute Gasteiger partial charge is 0.507 e. The molecule has 2 aromatic carbocycles. The lowest BCUT2D eigenvalue weighted by Gasteiger charge is -2.26. The number of carbonyl (C=O) groups is 2. The van der Waals surface area contributed by atoms with Gasteiger partial charge in [0.2, 0.25) is 0 Å². The minimum Gasteiger partial charge on any atom is -0.507 e. The second-order valence-corrected chi connectivity index (χ2v) is 9.05. The molecule has 7 heteroatoms. The summed E-state index contributed by atoms with van der Waals surface area (Å²) in [6, 6.07) is 13.5. The molecular formula is C29H36N2O5. The van der Waals surface area contributed by atoms with E-state index < -0.39 is 17.7 Å². The molecule has 1 aliphatic rings. The lowest BCUT2D eigenvalue weighted by atomic mass is 9.95. The van der Waals surface area contributed by atoms with Crippen molar-refractivity contribution in [3.63, 3.8) is 0 Å². The summed E-state index contributed by atoms with van der Waals surface area (Å²) in [5.41, 5.74) is 1.24. The number of hydrogen-bond acceptors (Lipinski definition) is 6. The van der Waals surface area contributed by atoms with Crippen molar-refractivity contribution >= 4 is 17.4 Å². The van der Waals surface area contributed by atoms with Gasteiger partial charge >= 0.3 is 0 Å². The summed E-state index contributed by atoms with van der Waals surface area (Å²) in [4.78, 5) is 29.9. The Balaban J connectivity index is 2.01. The van der Waals surface area contributed by atoms with E-state index in [1.165, 1.54) is 0 Å². The van der Waals surface area contributed by atoms with Crippen molar-refractivity contribution in [1.29, 1.82) is 0 Å². The molecule has 0 radical (unpaired) electrons. The number of likely N-dealkylation sites (tertiary alicyclic amines) is 1. The van der Waals surface area contributed by atoms with Crippen LogP contribution in [0.1, 0.15) is 43.4 Å². The highest BCUT2D eigenvalue weighted by Crippen LogP contribution is 2.40. The molecule has 1 aliphatic heterocycles. The van der Waals surface area contributed by atoms with Gasteiger partial charge in [-0.25, -0.2) is 0 Å². The van der Waals surface area contributed by atoms with E-state index in [0.29, 0.717) is 43.2 Å². The molecule has 0 aromatic heterocycles. The molecule has 1 fully saturated rings. The van der Waals surface area contributed by atoms with E-state index in [1.54, 1.807) is 41.3 Å². The topological polar surface area (TPSA) is 79.3 Å². The third-order valence-corrected chi connectivity index (χ3v) is 5.98. The summed E-state index contributed by atoms with van der Waals surface area (Å²) in [6.45, 7) is 7.83. The standard InChI is InChI=1S/C29H36N2O5/c1-5-7-19-36-24-11-8-10-22(20-24)27(32)25-26(21-12-14-23(15-13-21)35-18-6-2)31(29(34)28(25)33)17-9-16-30(3)4/h6,8,10-15,20,26,32H,2,5,7,9,16-19H2,1,3-4H3. The number of rotatable bonds is 13. The van der Waals surface area contributed by atoms with Gasteiger partial charge in [0, 0.05) is 12.1 Å². The average Bonchev–Trinajstić information content (AvgIpc) is 3.12. The first kappa shape index (κ1) is 27.0. The summed E-state index contributed by atoms with van der Waals surface area (Å²) < 4.78 is 11.4. The van der Waals surface area contributed by atoms with Crippen molar-refractivity contribution in [2.24, 2.45) is 0 Å². The zero-order valence-electron chi connectivity index (χ0n) is 21.4. The Labute approximate surface area is 213 Å². The van der Waals surface area contributed by atoms with Gasteiger partial charge < -0.3 is 24.4 Å². The minimum absolute atomic E-state index is 0.0790. The molecule has 1 unspecified atom stereocenters. The monoisotopic (exact) mass is 492 g/mol. The van der Waals surface area contributed by atoms with Crippen LogP contribution in [-0.4, -0.2) is 67.0 Å². The molecule has 1 N–H and O–H groups in total. The summed E-state index contributed by atoms with van der Waals surface area (Å²) in [5.74, 6) is -0.246.